The molecule has 8 rings (SSSR count). The monoisotopic (exact) mass is 464 g/mol. The summed E-state index contributed by atoms with van der Waals surface area (Å²) in [5.41, 5.74) is 5.98. The van der Waals surface area contributed by atoms with Crippen LogP contribution in [-0.2, 0) is 0 Å². The summed E-state index contributed by atoms with van der Waals surface area (Å²) in [5.74, 6) is 0. The van der Waals surface area contributed by atoms with Crippen LogP contribution in [0.15, 0.2) is 109 Å². The lowest BCUT2D eigenvalue weighted by atomic mass is 9.90. The summed E-state index contributed by atoms with van der Waals surface area (Å²) in [6.45, 7) is 0. The third-order valence-corrected chi connectivity index (χ3v) is 8.49. The molecule has 0 spiro atoms. The van der Waals surface area contributed by atoms with E-state index in [-0.39, 0.29) is 6.04 Å². The van der Waals surface area contributed by atoms with E-state index >= 15 is 0 Å². The zero-order valence-electron chi connectivity index (χ0n) is 18.8. The van der Waals surface area contributed by atoms with E-state index in [1.54, 1.807) is 0 Å². The number of aromatic nitrogens is 1. The van der Waals surface area contributed by atoms with E-state index in [0.717, 1.165) is 11.4 Å². The molecule has 2 nitrogen and oxygen atoms in total. The fourth-order valence-corrected chi connectivity index (χ4v) is 6.70. The minimum absolute atomic E-state index is 0.0938. The van der Waals surface area contributed by atoms with E-state index in [2.05, 4.69) is 107 Å². The molecule has 35 heavy (non-hydrogen) atoms. The Balaban J connectivity index is 1.23. The number of fused-ring (bicyclic) bond motifs is 3. The van der Waals surface area contributed by atoms with Crippen molar-refractivity contribution in [3.63, 3.8) is 0 Å². The second-order valence-electron chi connectivity index (χ2n) is 9.27. The molecule has 0 radical (unpaired) electrons. The second-order valence-corrected chi connectivity index (χ2v) is 10.4. The molecular formula is C32H20N2S. The Hall–Kier alpha value is -4.21. The molecular weight excluding hydrogens is 444 g/mol. The lowest BCUT2D eigenvalue weighted by Gasteiger charge is -2.28. The second kappa shape index (κ2) is 7.14. The molecule has 6 aromatic rings. The zero-order valence-corrected chi connectivity index (χ0v) is 19.6. The van der Waals surface area contributed by atoms with Crippen LogP contribution in [0.25, 0.3) is 54.5 Å². The summed E-state index contributed by atoms with van der Waals surface area (Å²) < 4.78 is 0. The van der Waals surface area contributed by atoms with Crippen LogP contribution in [0, 0.1) is 0 Å². The summed E-state index contributed by atoms with van der Waals surface area (Å²) in [6, 6.07) is 28.9. The number of rotatable bonds is 2. The molecule has 4 aromatic carbocycles. The van der Waals surface area contributed by atoms with Crippen LogP contribution in [0.1, 0.15) is 22.2 Å². The Morgan fingerprint density at radius 2 is 1.49 bits per heavy atom. The topological polar surface area (TPSA) is 24.9 Å². The number of pyridine rings is 1. The summed E-state index contributed by atoms with van der Waals surface area (Å²) >= 11 is 1.84. The van der Waals surface area contributed by atoms with Crippen LogP contribution in [0.2, 0.25) is 0 Å². The standard InChI is InChI=1S/C32H20N2S/c1-3-19-6-7-21-10-13-24(25-14-11-20(4-1)29(19)30(21)25)27-16-17-28(35-27)26-15-12-23-9-8-22-5-2-18-33-31(22)32(23)34-26/h1-18,32,34H. The van der Waals surface area contributed by atoms with E-state index in [4.69, 9.17) is 0 Å². The van der Waals surface area contributed by atoms with Gasteiger partial charge in [-0.15, -0.1) is 11.3 Å². The number of hydrogen-bond acceptors (Lipinski definition) is 3. The van der Waals surface area contributed by atoms with Gasteiger partial charge in [0, 0.05) is 11.1 Å². The van der Waals surface area contributed by atoms with Crippen molar-refractivity contribution in [1.82, 2.24) is 10.3 Å². The molecule has 0 amide bonds. The summed E-state index contributed by atoms with van der Waals surface area (Å²) in [6.07, 6.45) is 10.7. The number of nitrogens with zero attached hydrogens (tertiary/aromatic N) is 1. The van der Waals surface area contributed by atoms with Gasteiger partial charge in [0.1, 0.15) is 0 Å². The molecule has 0 fully saturated rings. The number of allylic oxidation sites excluding steroid dienone is 2. The predicted octanol–water partition coefficient (Wildman–Crippen LogP) is 8.35. The van der Waals surface area contributed by atoms with Crippen molar-refractivity contribution >= 4 is 55.4 Å². The maximum absolute atomic E-state index is 4.68. The summed E-state index contributed by atoms with van der Waals surface area (Å²) in [4.78, 5) is 7.21. The first kappa shape index (κ1) is 19.1. The molecule has 0 saturated heterocycles. The third kappa shape index (κ3) is 2.79. The number of benzene rings is 4. The molecule has 164 valence electrons. The molecule has 1 atom stereocenters. The van der Waals surface area contributed by atoms with Gasteiger partial charge in [0.05, 0.1) is 22.3 Å². The van der Waals surface area contributed by atoms with Gasteiger partial charge in [-0.1, -0.05) is 78.9 Å². The number of nitrogens with one attached hydrogen (secondary N) is 1. The highest BCUT2D eigenvalue weighted by Crippen LogP contribution is 2.42. The molecule has 0 saturated carbocycles. The smallest absolute Gasteiger partial charge is 0.0946 e. The lowest BCUT2D eigenvalue weighted by Crippen LogP contribution is -2.26. The fourth-order valence-electron chi connectivity index (χ4n) is 5.67. The van der Waals surface area contributed by atoms with Crippen molar-refractivity contribution in [1.29, 1.82) is 0 Å². The maximum Gasteiger partial charge on any atom is 0.0946 e. The van der Waals surface area contributed by atoms with Crippen LogP contribution in [-0.4, -0.2) is 4.98 Å². The molecule has 2 aromatic heterocycles. The Morgan fingerprint density at radius 3 is 2.40 bits per heavy atom. The van der Waals surface area contributed by atoms with Crippen LogP contribution in [0.4, 0.5) is 0 Å². The quantitative estimate of drug-likeness (QED) is 0.261. The Kier molecular flexibility index (Phi) is 3.91. The molecule has 1 unspecified atom stereocenters. The maximum atomic E-state index is 4.68. The molecule has 0 bridgehead atoms. The fraction of sp³-hybridized carbons (Fsp3) is 0.0312. The number of thiophene rings is 1. The van der Waals surface area contributed by atoms with Gasteiger partial charge in [0.25, 0.3) is 0 Å². The van der Waals surface area contributed by atoms with E-state index in [0.29, 0.717) is 0 Å². The minimum atomic E-state index is 0.0938. The SMILES string of the molecule is C1=Cc2cccnc2C2NC(c3ccc(-c4ccc5ccc6cccc7ccc4c5c67)s3)=CC=C12. The van der Waals surface area contributed by atoms with Crippen LogP contribution >= 0.6 is 11.3 Å². The number of hydrogen-bond donors (Lipinski definition) is 1. The highest BCUT2D eigenvalue weighted by atomic mass is 32.1. The number of dihydropyridines is 1. The minimum Gasteiger partial charge on any atom is -0.372 e. The van der Waals surface area contributed by atoms with Crippen molar-refractivity contribution in [2.75, 3.05) is 0 Å². The van der Waals surface area contributed by atoms with E-state index in [1.165, 1.54) is 58.8 Å². The van der Waals surface area contributed by atoms with Crippen molar-refractivity contribution in [3.8, 4) is 10.4 Å². The van der Waals surface area contributed by atoms with Crippen molar-refractivity contribution in [2.45, 2.75) is 6.04 Å². The first-order valence-electron chi connectivity index (χ1n) is 11.9. The zero-order chi connectivity index (χ0) is 22.9. The Bertz CT molecular complexity index is 1870. The summed E-state index contributed by atoms with van der Waals surface area (Å²) in [7, 11) is 0. The van der Waals surface area contributed by atoms with E-state index in [1.807, 2.05) is 23.6 Å². The molecule has 1 aliphatic carbocycles. The van der Waals surface area contributed by atoms with Crippen molar-refractivity contribution in [2.24, 2.45) is 0 Å². The molecule has 1 aliphatic heterocycles. The average Bonchev–Trinajstić information content (AvgIpc) is 3.41. The molecule has 2 aliphatic rings. The van der Waals surface area contributed by atoms with Gasteiger partial charge in [-0.25, -0.2) is 0 Å². The summed E-state index contributed by atoms with van der Waals surface area (Å²) in [5, 5.41) is 11.7. The lowest BCUT2D eigenvalue weighted by molar-refractivity contribution is 0.705. The van der Waals surface area contributed by atoms with Gasteiger partial charge >= 0.3 is 0 Å². The van der Waals surface area contributed by atoms with Gasteiger partial charge in [-0.05, 0) is 73.3 Å². The van der Waals surface area contributed by atoms with Crippen molar-refractivity contribution in [3.05, 3.63) is 125 Å². The van der Waals surface area contributed by atoms with Crippen LogP contribution in [0.3, 0.4) is 0 Å². The van der Waals surface area contributed by atoms with Gasteiger partial charge < -0.3 is 5.32 Å². The first-order valence-corrected chi connectivity index (χ1v) is 12.7. The van der Waals surface area contributed by atoms with E-state index in [9.17, 15) is 0 Å². The molecule has 3 heterocycles. The highest BCUT2D eigenvalue weighted by molar-refractivity contribution is 7.16. The Morgan fingerprint density at radius 1 is 0.686 bits per heavy atom. The largest absolute Gasteiger partial charge is 0.372 e. The third-order valence-electron chi connectivity index (χ3n) is 7.34. The molecule has 1 N–H and O–H groups in total. The van der Waals surface area contributed by atoms with Gasteiger partial charge in [0.15, 0.2) is 0 Å². The van der Waals surface area contributed by atoms with Gasteiger partial charge in [0.2, 0.25) is 0 Å². The first-order chi connectivity index (χ1) is 17.3. The van der Waals surface area contributed by atoms with Gasteiger partial charge in [-0.3, -0.25) is 4.98 Å². The van der Waals surface area contributed by atoms with Crippen molar-refractivity contribution < 1.29 is 0 Å². The predicted molar refractivity (Wildman–Crippen MR) is 149 cm³/mol. The van der Waals surface area contributed by atoms with Gasteiger partial charge in [-0.2, -0.15) is 0 Å². The normalized spacial score (nSPS) is 16.7. The Labute approximate surface area is 206 Å². The highest BCUT2D eigenvalue weighted by Gasteiger charge is 2.26. The van der Waals surface area contributed by atoms with Crippen LogP contribution in [0.5, 0.6) is 0 Å². The molecule has 3 heteroatoms. The average molecular weight is 465 g/mol. The van der Waals surface area contributed by atoms with E-state index < -0.39 is 0 Å². The van der Waals surface area contributed by atoms with Crippen LogP contribution < -0.4 is 5.32 Å².